The van der Waals surface area contributed by atoms with Gasteiger partial charge in [0.2, 0.25) is 5.91 Å². The first-order valence-corrected chi connectivity index (χ1v) is 11.8. The van der Waals surface area contributed by atoms with Crippen molar-refractivity contribution in [3.8, 4) is 5.75 Å². The van der Waals surface area contributed by atoms with Gasteiger partial charge in [0.15, 0.2) is 0 Å². The number of fused-ring (bicyclic) bond motifs is 5. The first-order chi connectivity index (χ1) is 14.8. The third-order valence-electron chi connectivity index (χ3n) is 9.44. The van der Waals surface area contributed by atoms with Crippen LogP contribution in [-0.4, -0.2) is 42.2 Å². The van der Waals surface area contributed by atoms with Gasteiger partial charge in [0.1, 0.15) is 5.75 Å². The van der Waals surface area contributed by atoms with E-state index in [0.29, 0.717) is 23.8 Å². The molecule has 1 N–H and O–H groups in total. The number of carbonyl (C=O) groups is 1. The molecule has 1 aromatic rings. The molecule has 4 aliphatic rings. The molecule has 3 aliphatic carbocycles. The maximum atomic E-state index is 12.3. The van der Waals surface area contributed by atoms with Gasteiger partial charge in [0.05, 0.1) is 13.2 Å². The molecule has 7 atom stereocenters. The Morgan fingerprint density at radius 3 is 2.77 bits per heavy atom. The van der Waals surface area contributed by atoms with Crippen molar-refractivity contribution in [2.75, 3.05) is 14.2 Å². The number of ether oxygens (including phenoxy) is 1. The summed E-state index contributed by atoms with van der Waals surface area (Å²) in [5.74, 6) is 2.64. The zero-order chi connectivity index (χ0) is 22.0. The number of likely N-dealkylation sites (N-methyl/N-ethyl adjacent to an activating group) is 1. The highest BCUT2D eigenvalue weighted by Crippen LogP contribution is 2.65. The molecule has 1 aromatic carbocycles. The minimum Gasteiger partial charge on any atom is -0.497 e. The summed E-state index contributed by atoms with van der Waals surface area (Å²) in [6.45, 7) is 4.68. The van der Waals surface area contributed by atoms with Gasteiger partial charge in [-0.1, -0.05) is 38.1 Å². The largest absolute Gasteiger partial charge is 0.497 e. The minimum atomic E-state index is -0.388. The van der Waals surface area contributed by atoms with Crippen molar-refractivity contribution < 1.29 is 14.6 Å². The van der Waals surface area contributed by atoms with Crippen LogP contribution in [0.25, 0.3) is 6.08 Å². The van der Waals surface area contributed by atoms with E-state index in [1.54, 1.807) is 13.2 Å². The molecule has 0 aromatic heterocycles. The Hall–Kier alpha value is -2.07. The van der Waals surface area contributed by atoms with Crippen LogP contribution >= 0.6 is 0 Å². The molecule has 1 amide bonds. The van der Waals surface area contributed by atoms with E-state index in [0.717, 1.165) is 43.4 Å². The molecule has 0 unspecified atom stereocenters. The molecule has 166 valence electrons. The lowest BCUT2D eigenvalue weighted by molar-refractivity contribution is -0.140. The number of aliphatic hydroxyl groups excluding tert-OH is 1. The number of methoxy groups -OCH3 is 1. The van der Waals surface area contributed by atoms with Crippen LogP contribution in [-0.2, 0) is 4.79 Å². The summed E-state index contributed by atoms with van der Waals surface area (Å²) in [6.07, 6.45) is 11.2. The lowest BCUT2D eigenvalue weighted by atomic mass is 9.48. The summed E-state index contributed by atoms with van der Waals surface area (Å²) < 4.78 is 5.38. The van der Waals surface area contributed by atoms with E-state index in [2.05, 4.69) is 32.1 Å². The first kappa shape index (κ1) is 20.8. The summed E-state index contributed by atoms with van der Waals surface area (Å²) in [7, 11) is 3.66. The highest BCUT2D eigenvalue weighted by molar-refractivity contribution is 5.89. The summed E-state index contributed by atoms with van der Waals surface area (Å²) in [5.41, 5.74) is 2.24. The van der Waals surface area contributed by atoms with Crippen molar-refractivity contribution in [3.63, 3.8) is 0 Å². The molecular weight excluding hydrogens is 386 g/mol. The van der Waals surface area contributed by atoms with E-state index in [-0.39, 0.29) is 22.8 Å². The molecule has 1 heterocycles. The van der Waals surface area contributed by atoms with Crippen molar-refractivity contribution in [2.45, 2.75) is 58.1 Å². The topological polar surface area (TPSA) is 49.8 Å². The van der Waals surface area contributed by atoms with Gasteiger partial charge >= 0.3 is 0 Å². The van der Waals surface area contributed by atoms with Gasteiger partial charge in [-0.15, -0.1) is 0 Å². The monoisotopic (exact) mass is 421 g/mol. The van der Waals surface area contributed by atoms with Gasteiger partial charge in [0.25, 0.3) is 0 Å². The molecule has 0 spiro atoms. The van der Waals surface area contributed by atoms with Gasteiger partial charge in [-0.3, -0.25) is 4.79 Å². The predicted molar refractivity (Wildman–Crippen MR) is 122 cm³/mol. The van der Waals surface area contributed by atoms with E-state index in [1.165, 1.54) is 5.57 Å². The number of hydrogen-bond donors (Lipinski definition) is 1. The number of aliphatic hydroxyl groups is 1. The maximum Gasteiger partial charge on any atom is 0.246 e. The summed E-state index contributed by atoms with van der Waals surface area (Å²) >= 11 is 0. The van der Waals surface area contributed by atoms with Gasteiger partial charge in [-0.2, -0.15) is 0 Å². The second-order valence-corrected chi connectivity index (χ2v) is 10.8. The number of amides is 1. The SMILES string of the molecule is COc1cccc(C=C2C[C@H]3[C@@H]4CC[C@H]5N(C)C(=O)C=C[C@]5(C)[C@H]4CC[C@]3(C)[C@H]2O)c1. The van der Waals surface area contributed by atoms with Crippen LogP contribution in [0.15, 0.2) is 42.0 Å². The summed E-state index contributed by atoms with van der Waals surface area (Å²) in [4.78, 5) is 14.3. The highest BCUT2D eigenvalue weighted by Gasteiger charge is 2.61. The van der Waals surface area contributed by atoms with Crippen molar-refractivity contribution in [2.24, 2.45) is 28.6 Å². The maximum absolute atomic E-state index is 12.3. The normalized spacial score (nSPS) is 42.9. The fourth-order valence-corrected chi connectivity index (χ4v) is 7.68. The van der Waals surface area contributed by atoms with E-state index < -0.39 is 0 Å². The van der Waals surface area contributed by atoms with Crippen LogP contribution in [0, 0.1) is 28.6 Å². The molecule has 0 radical (unpaired) electrons. The zero-order valence-electron chi connectivity index (χ0n) is 19.2. The van der Waals surface area contributed by atoms with Gasteiger partial charge < -0.3 is 14.7 Å². The molecule has 31 heavy (non-hydrogen) atoms. The van der Waals surface area contributed by atoms with Crippen LogP contribution < -0.4 is 4.74 Å². The summed E-state index contributed by atoms with van der Waals surface area (Å²) in [6, 6.07) is 8.39. The second-order valence-electron chi connectivity index (χ2n) is 10.8. The molecule has 0 saturated heterocycles. The fraction of sp³-hybridized carbons (Fsp3) is 0.593. The molecule has 4 heteroatoms. The Kier molecular flexibility index (Phi) is 4.85. The smallest absolute Gasteiger partial charge is 0.246 e. The van der Waals surface area contributed by atoms with Crippen LogP contribution in [0.1, 0.15) is 51.5 Å². The highest BCUT2D eigenvalue weighted by atomic mass is 16.5. The Morgan fingerprint density at radius 1 is 1.19 bits per heavy atom. The Morgan fingerprint density at radius 2 is 2.00 bits per heavy atom. The second kappa shape index (κ2) is 7.23. The standard InChI is InChI=1S/C27H35NO3/c1-26-13-11-24(29)28(3)23(26)9-8-20-21(26)10-12-27(2)22(20)16-18(25(27)30)14-17-6-5-7-19(15-17)31-4/h5-7,11,13-15,20-23,25,30H,8-10,12,16H2,1-4H3/t20-,21+,22+,23-,25+,26-,27+/m1/s1. The molecule has 1 aliphatic heterocycles. The van der Waals surface area contributed by atoms with E-state index in [9.17, 15) is 9.90 Å². The minimum absolute atomic E-state index is 0.0388. The molecule has 3 saturated carbocycles. The Bertz CT molecular complexity index is 952. The van der Waals surface area contributed by atoms with Crippen molar-refractivity contribution in [3.05, 3.63) is 47.6 Å². The fourth-order valence-electron chi connectivity index (χ4n) is 7.68. The molecular formula is C27H35NO3. The third kappa shape index (κ3) is 3.01. The average molecular weight is 422 g/mol. The van der Waals surface area contributed by atoms with Crippen LogP contribution in [0.2, 0.25) is 0 Å². The molecule has 4 nitrogen and oxygen atoms in total. The van der Waals surface area contributed by atoms with E-state index >= 15 is 0 Å². The van der Waals surface area contributed by atoms with Gasteiger partial charge in [-0.25, -0.2) is 0 Å². The number of benzene rings is 1. The van der Waals surface area contributed by atoms with Crippen molar-refractivity contribution in [1.29, 1.82) is 0 Å². The van der Waals surface area contributed by atoms with Crippen molar-refractivity contribution >= 4 is 12.0 Å². The first-order valence-electron chi connectivity index (χ1n) is 11.8. The van der Waals surface area contributed by atoms with Crippen LogP contribution in [0.5, 0.6) is 5.75 Å². The van der Waals surface area contributed by atoms with Crippen LogP contribution in [0.3, 0.4) is 0 Å². The van der Waals surface area contributed by atoms with Crippen LogP contribution in [0.4, 0.5) is 0 Å². The van der Waals surface area contributed by atoms with Crippen molar-refractivity contribution in [1.82, 2.24) is 4.90 Å². The number of hydrogen-bond acceptors (Lipinski definition) is 3. The number of nitrogens with zero attached hydrogens (tertiary/aromatic N) is 1. The molecule has 3 fully saturated rings. The van der Waals surface area contributed by atoms with Gasteiger partial charge in [0, 0.05) is 23.9 Å². The summed E-state index contributed by atoms with van der Waals surface area (Å²) in [5, 5.41) is 11.4. The predicted octanol–water partition coefficient (Wildman–Crippen LogP) is 4.69. The number of carbonyl (C=O) groups excluding carboxylic acids is 1. The number of rotatable bonds is 2. The Balaban J connectivity index is 1.46. The lowest BCUT2D eigenvalue weighted by Gasteiger charge is -2.59. The van der Waals surface area contributed by atoms with E-state index in [4.69, 9.17) is 4.74 Å². The van der Waals surface area contributed by atoms with E-state index in [1.807, 2.05) is 30.1 Å². The average Bonchev–Trinajstić information content (AvgIpc) is 3.02. The molecule has 5 rings (SSSR count). The Labute approximate surface area is 186 Å². The lowest BCUT2D eigenvalue weighted by Crippen LogP contribution is -2.59. The van der Waals surface area contributed by atoms with Gasteiger partial charge in [-0.05, 0) is 79.2 Å². The molecule has 0 bridgehead atoms. The quantitative estimate of drug-likeness (QED) is 0.754. The third-order valence-corrected chi connectivity index (χ3v) is 9.44. The zero-order valence-corrected chi connectivity index (χ0v) is 19.2.